The van der Waals surface area contributed by atoms with Gasteiger partial charge in [-0.15, -0.1) is 0 Å². The average molecular weight is 354 g/mol. The molecule has 2 N–H and O–H groups in total. The van der Waals surface area contributed by atoms with E-state index in [0.29, 0.717) is 31.0 Å². The van der Waals surface area contributed by atoms with Gasteiger partial charge in [-0.05, 0) is 17.7 Å². The lowest BCUT2D eigenvalue weighted by Gasteiger charge is -2.25. The number of benzene rings is 1. The van der Waals surface area contributed by atoms with Gasteiger partial charge in [-0.25, -0.2) is 4.39 Å². The number of carbonyl (C=O) groups excluding carboxylic acids is 1. The number of halogens is 1. The van der Waals surface area contributed by atoms with Crippen LogP contribution in [0.3, 0.4) is 0 Å². The minimum absolute atomic E-state index is 0.0230. The van der Waals surface area contributed by atoms with E-state index in [-0.39, 0.29) is 11.7 Å². The Hall–Kier alpha value is -3.16. The Balaban J connectivity index is 1.59. The molecule has 8 heteroatoms. The summed E-state index contributed by atoms with van der Waals surface area (Å²) in [5.74, 6) is 0.205. The SMILES string of the molecule is CC(=O)N1CCc2[nH]nc(Nc3ccc(-c4cnn(C)c4)cc3F)c2C1. The first kappa shape index (κ1) is 16.3. The Morgan fingerprint density at radius 1 is 1.35 bits per heavy atom. The third-order valence-corrected chi connectivity index (χ3v) is 4.64. The van der Waals surface area contributed by atoms with Crippen molar-refractivity contribution in [2.75, 3.05) is 11.9 Å². The number of nitrogens with one attached hydrogen (secondary N) is 2. The van der Waals surface area contributed by atoms with Crippen molar-refractivity contribution in [2.24, 2.45) is 7.05 Å². The number of hydrogen-bond donors (Lipinski definition) is 2. The number of rotatable bonds is 3. The molecule has 2 aromatic heterocycles. The number of amides is 1. The number of carbonyl (C=O) groups is 1. The molecule has 0 atom stereocenters. The van der Waals surface area contributed by atoms with Gasteiger partial charge < -0.3 is 10.2 Å². The predicted molar refractivity (Wildman–Crippen MR) is 95.3 cm³/mol. The molecule has 0 aliphatic carbocycles. The van der Waals surface area contributed by atoms with Gasteiger partial charge in [0.15, 0.2) is 5.82 Å². The zero-order valence-electron chi connectivity index (χ0n) is 14.6. The second kappa shape index (κ2) is 6.29. The van der Waals surface area contributed by atoms with E-state index in [4.69, 9.17) is 0 Å². The van der Waals surface area contributed by atoms with Crippen molar-refractivity contribution < 1.29 is 9.18 Å². The van der Waals surface area contributed by atoms with Crippen molar-refractivity contribution in [3.05, 3.63) is 47.7 Å². The Morgan fingerprint density at radius 3 is 2.88 bits per heavy atom. The lowest BCUT2D eigenvalue weighted by atomic mass is 10.1. The maximum absolute atomic E-state index is 14.6. The number of aromatic nitrogens is 4. The van der Waals surface area contributed by atoms with E-state index in [2.05, 4.69) is 20.6 Å². The lowest BCUT2D eigenvalue weighted by Crippen LogP contribution is -2.34. The Labute approximate surface area is 149 Å². The van der Waals surface area contributed by atoms with Crippen LogP contribution in [0.5, 0.6) is 0 Å². The molecule has 1 aromatic carbocycles. The van der Waals surface area contributed by atoms with Gasteiger partial charge in [-0.2, -0.15) is 10.2 Å². The van der Waals surface area contributed by atoms with E-state index in [1.165, 1.54) is 6.07 Å². The summed E-state index contributed by atoms with van der Waals surface area (Å²) in [5.41, 5.74) is 3.84. The molecule has 0 bridgehead atoms. The van der Waals surface area contributed by atoms with Crippen molar-refractivity contribution in [1.82, 2.24) is 24.9 Å². The summed E-state index contributed by atoms with van der Waals surface area (Å²) in [4.78, 5) is 13.4. The van der Waals surface area contributed by atoms with E-state index >= 15 is 0 Å². The molecule has 1 aliphatic heterocycles. The summed E-state index contributed by atoms with van der Waals surface area (Å²) in [5, 5.41) is 14.4. The number of anilines is 2. The van der Waals surface area contributed by atoms with Gasteiger partial charge in [0.25, 0.3) is 0 Å². The Bertz CT molecular complexity index is 976. The van der Waals surface area contributed by atoms with Crippen molar-refractivity contribution >= 4 is 17.4 Å². The fourth-order valence-corrected chi connectivity index (χ4v) is 3.16. The number of H-pyrrole nitrogens is 1. The van der Waals surface area contributed by atoms with Crippen LogP contribution in [0.15, 0.2) is 30.6 Å². The largest absolute Gasteiger partial charge is 0.338 e. The van der Waals surface area contributed by atoms with Crippen LogP contribution in [0.4, 0.5) is 15.9 Å². The molecule has 134 valence electrons. The summed E-state index contributed by atoms with van der Waals surface area (Å²) in [6, 6.07) is 4.99. The molecule has 7 nitrogen and oxygen atoms in total. The molecule has 0 unspecified atom stereocenters. The lowest BCUT2D eigenvalue weighted by molar-refractivity contribution is -0.129. The highest BCUT2D eigenvalue weighted by Gasteiger charge is 2.24. The Morgan fingerprint density at radius 2 is 2.19 bits per heavy atom. The van der Waals surface area contributed by atoms with Crippen molar-refractivity contribution in [2.45, 2.75) is 19.9 Å². The molecule has 26 heavy (non-hydrogen) atoms. The van der Waals surface area contributed by atoms with Crippen LogP contribution in [-0.2, 0) is 24.8 Å². The first-order chi connectivity index (χ1) is 12.5. The highest BCUT2D eigenvalue weighted by Crippen LogP contribution is 2.29. The van der Waals surface area contributed by atoms with Crippen molar-refractivity contribution in [3.63, 3.8) is 0 Å². The number of nitrogens with zero attached hydrogens (tertiary/aromatic N) is 4. The van der Waals surface area contributed by atoms with Gasteiger partial charge >= 0.3 is 0 Å². The molecule has 0 saturated heterocycles. The van der Waals surface area contributed by atoms with Gasteiger partial charge in [-0.1, -0.05) is 6.07 Å². The van der Waals surface area contributed by atoms with Crippen LogP contribution in [-0.4, -0.2) is 37.3 Å². The second-order valence-corrected chi connectivity index (χ2v) is 6.44. The van der Waals surface area contributed by atoms with Gasteiger partial charge in [0.1, 0.15) is 5.82 Å². The molecular formula is C18H19FN6O. The summed E-state index contributed by atoms with van der Waals surface area (Å²) in [7, 11) is 1.82. The van der Waals surface area contributed by atoms with Crippen LogP contribution in [0, 0.1) is 5.82 Å². The van der Waals surface area contributed by atoms with Gasteiger partial charge in [0.2, 0.25) is 5.91 Å². The molecule has 0 spiro atoms. The van der Waals surface area contributed by atoms with E-state index in [1.54, 1.807) is 28.8 Å². The van der Waals surface area contributed by atoms with Gasteiger partial charge in [0, 0.05) is 50.0 Å². The zero-order chi connectivity index (χ0) is 18.3. The number of hydrogen-bond acceptors (Lipinski definition) is 4. The molecular weight excluding hydrogens is 335 g/mol. The average Bonchev–Trinajstić information content (AvgIpc) is 3.22. The van der Waals surface area contributed by atoms with Gasteiger partial charge in [-0.3, -0.25) is 14.6 Å². The zero-order valence-corrected chi connectivity index (χ0v) is 14.6. The maximum atomic E-state index is 14.6. The van der Waals surface area contributed by atoms with Gasteiger partial charge in [0.05, 0.1) is 18.4 Å². The van der Waals surface area contributed by atoms with Crippen LogP contribution in [0.2, 0.25) is 0 Å². The highest BCUT2D eigenvalue weighted by molar-refractivity contribution is 5.74. The molecule has 1 amide bonds. The van der Waals surface area contributed by atoms with E-state index < -0.39 is 0 Å². The van der Waals surface area contributed by atoms with Crippen LogP contribution < -0.4 is 5.32 Å². The topological polar surface area (TPSA) is 78.8 Å². The first-order valence-electron chi connectivity index (χ1n) is 8.38. The number of fused-ring (bicyclic) bond motifs is 1. The molecule has 0 radical (unpaired) electrons. The van der Waals surface area contributed by atoms with E-state index in [0.717, 1.165) is 22.4 Å². The monoisotopic (exact) mass is 354 g/mol. The smallest absolute Gasteiger partial charge is 0.219 e. The molecule has 3 aromatic rings. The quantitative estimate of drug-likeness (QED) is 0.758. The summed E-state index contributed by atoms with van der Waals surface area (Å²) in [6.07, 6.45) is 4.25. The Kier molecular flexibility index (Phi) is 3.95. The molecule has 0 fully saturated rings. The highest BCUT2D eigenvalue weighted by atomic mass is 19.1. The standard InChI is InChI=1S/C18H19FN6O/c1-11(26)25-6-5-16-14(10-25)18(23-22-16)21-17-4-3-12(7-15(17)19)13-8-20-24(2)9-13/h3-4,7-9H,5-6,10H2,1-2H3,(H2,21,22,23). The number of aryl methyl sites for hydroxylation is 1. The molecule has 0 saturated carbocycles. The normalized spacial score (nSPS) is 13.6. The minimum Gasteiger partial charge on any atom is -0.338 e. The number of aromatic amines is 1. The maximum Gasteiger partial charge on any atom is 0.219 e. The van der Waals surface area contributed by atoms with Crippen molar-refractivity contribution in [3.8, 4) is 11.1 Å². The second-order valence-electron chi connectivity index (χ2n) is 6.44. The molecule has 4 rings (SSSR count). The fourth-order valence-electron chi connectivity index (χ4n) is 3.16. The first-order valence-corrected chi connectivity index (χ1v) is 8.38. The molecule has 1 aliphatic rings. The predicted octanol–water partition coefficient (Wildman–Crippen LogP) is 2.60. The van der Waals surface area contributed by atoms with Crippen LogP contribution in [0.1, 0.15) is 18.2 Å². The van der Waals surface area contributed by atoms with Crippen molar-refractivity contribution in [1.29, 1.82) is 0 Å². The fraction of sp³-hybridized carbons (Fsp3) is 0.278. The van der Waals surface area contributed by atoms with Crippen LogP contribution in [0.25, 0.3) is 11.1 Å². The summed E-state index contributed by atoms with van der Waals surface area (Å²) < 4.78 is 16.3. The third kappa shape index (κ3) is 2.94. The van der Waals surface area contributed by atoms with Crippen LogP contribution >= 0.6 is 0 Å². The summed E-state index contributed by atoms with van der Waals surface area (Å²) in [6.45, 7) is 2.69. The summed E-state index contributed by atoms with van der Waals surface area (Å²) >= 11 is 0. The van der Waals surface area contributed by atoms with E-state index in [1.807, 2.05) is 19.3 Å². The van der Waals surface area contributed by atoms with E-state index in [9.17, 15) is 9.18 Å². The molecule has 3 heterocycles. The minimum atomic E-state index is -0.373. The third-order valence-electron chi connectivity index (χ3n) is 4.64.